The van der Waals surface area contributed by atoms with Gasteiger partial charge in [0, 0.05) is 5.41 Å². The summed E-state index contributed by atoms with van der Waals surface area (Å²) < 4.78 is 1.02. The van der Waals surface area contributed by atoms with E-state index in [-0.39, 0.29) is 10.8 Å². The topological polar surface area (TPSA) is 25.8 Å². The third-order valence-corrected chi connectivity index (χ3v) is 4.72. The van der Waals surface area contributed by atoms with E-state index in [1.165, 1.54) is 0 Å². The quantitative estimate of drug-likeness (QED) is 0.742. The maximum Gasteiger partial charge on any atom is 0.178 e. The molecule has 1 heterocycles. The fourth-order valence-corrected chi connectivity index (χ4v) is 2.40. The van der Waals surface area contributed by atoms with Crippen LogP contribution in [0.2, 0.25) is 0 Å². The summed E-state index contributed by atoms with van der Waals surface area (Å²) in [6.07, 6.45) is 0. The van der Waals surface area contributed by atoms with E-state index in [1.807, 2.05) is 0 Å². The lowest BCUT2D eigenvalue weighted by Gasteiger charge is -2.36. The molecule has 0 unspecified atom stereocenters. The Balaban J connectivity index is 3.07. The maximum absolute atomic E-state index is 4.21. The summed E-state index contributed by atoms with van der Waals surface area (Å²) in [5.74, 6) is 0. The third-order valence-electron chi connectivity index (χ3n) is 2.81. The molecule has 2 nitrogen and oxygen atoms in total. The molecule has 0 amide bonds. The minimum atomic E-state index is 0.0914. The van der Waals surface area contributed by atoms with Crippen LogP contribution in [0.1, 0.15) is 39.6 Å². The fourth-order valence-electron chi connectivity index (χ4n) is 0.779. The molecule has 0 fully saturated rings. The lowest BCUT2D eigenvalue weighted by Crippen LogP contribution is -2.33. The second kappa shape index (κ2) is 3.46. The molecule has 0 N–H and O–H groups in total. The summed E-state index contributed by atoms with van der Waals surface area (Å²) in [5, 5.41) is 9.40. The molecular formula is C9H15IN2S. The van der Waals surface area contributed by atoms with Crippen LogP contribution in [0, 0.1) is 8.43 Å². The molecule has 1 rings (SSSR count). The van der Waals surface area contributed by atoms with Crippen molar-refractivity contribution in [2.45, 2.75) is 40.0 Å². The van der Waals surface area contributed by atoms with Crippen molar-refractivity contribution in [2.75, 3.05) is 0 Å². The highest BCUT2D eigenvalue weighted by atomic mass is 127. The first-order valence-corrected chi connectivity index (χ1v) is 6.14. The van der Waals surface area contributed by atoms with Gasteiger partial charge in [-0.25, -0.2) is 0 Å². The first-order valence-electron chi connectivity index (χ1n) is 4.24. The molecule has 0 bridgehead atoms. The van der Waals surface area contributed by atoms with Gasteiger partial charge < -0.3 is 0 Å². The minimum Gasteiger partial charge on any atom is -0.142 e. The Morgan fingerprint density at radius 2 is 1.62 bits per heavy atom. The smallest absolute Gasteiger partial charge is 0.142 e. The summed E-state index contributed by atoms with van der Waals surface area (Å²) in [7, 11) is 0. The zero-order valence-electron chi connectivity index (χ0n) is 8.68. The Labute approximate surface area is 97.3 Å². The van der Waals surface area contributed by atoms with Gasteiger partial charge in [0.25, 0.3) is 0 Å². The summed E-state index contributed by atoms with van der Waals surface area (Å²) in [5.41, 5.74) is 0.309. The number of rotatable bonds is 1. The summed E-state index contributed by atoms with van der Waals surface area (Å²) in [6.45, 7) is 11.2. The molecule has 0 aromatic carbocycles. The van der Waals surface area contributed by atoms with E-state index < -0.39 is 0 Å². The van der Waals surface area contributed by atoms with E-state index in [2.05, 4.69) is 67.4 Å². The average Bonchev–Trinajstić information content (AvgIpc) is 2.33. The van der Waals surface area contributed by atoms with E-state index in [0.29, 0.717) is 0 Å². The van der Waals surface area contributed by atoms with Crippen molar-refractivity contribution in [3.05, 3.63) is 8.02 Å². The second-order valence-electron chi connectivity index (χ2n) is 4.74. The van der Waals surface area contributed by atoms with Gasteiger partial charge in [-0.05, 0) is 28.0 Å². The van der Waals surface area contributed by atoms with Crippen molar-refractivity contribution in [3.8, 4) is 0 Å². The van der Waals surface area contributed by atoms with Crippen LogP contribution in [0.25, 0.3) is 0 Å². The van der Waals surface area contributed by atoms with Gasteiger partial charge >= 0.3 is 0 Å². The SMILES string of the molecule is CC(C)(C)C(C)(C)c1nnc(I)s1. The third kappa shape index (κ3) is 2.21. The van der Waals surface area contributed by atoms with Crippen LogP contribution < -0.4 is 0 Å². The van der Waals surface area contributed by atoms with Crippen molar-refractivity contribution in [1.82, 2.24) is 10.2 Å². The van der Waals surface area contributed by atoms with Gasteiger partial charge in [-0.2, -0.15) is 0 Å². The second-order valence-corrected chi connectivity index (χ2v) is 7.47. The Bertz CT molecular complexity index is 299. The maximum atomic E-state index is 4.21. The standard InChI is InChI=1S/C9H15IN2S/c1-8(2,3)9(4,5)6-11-12-7(10)13-6/h1-5H3. The molecule has 1 aromatic heterocycles. The van der Waals surface area contributed by atoms with E-state index in [4.69, 9.17) is 0 Å². The molecule has 0 saturated heterocycles. The summed E-state index contributed by atoms with van der Waals surface area (Å²) >= 11 is 3.90. The Kier molecular flexibility index (Phi) is 3.02. The number of aromatic nitrogens is 2. The zero-order chi connectivity index (χ0) is 10.3. The average molecular weight is 310 g/mol. The number of hydrogen-bond acceptors (Lipinski definition) is 3. The first kappa shape index (κ1) is 11.4. The number of hydrogen-bond donors (Lipinski definition) is 0. The van der Waals surface area contributed by atoms with Crippen LogP contribution in [0.15, 0.2) is 0 Å². The monoisotopic (exact) mass is 310 g/mol. The van der Waals surface area contributed by atoms with Crippen molar-refractivity contribution in [2.24, 2.45) is 5.41 Å². The molecule has 4 heteroatoms. The Morgan fingerprint density at radius 1 is 1.08 bits per heavy atom. The van der Waals surface area contributed by atoms with Crippen molar-refractivity contribution in [3.63, 3.8) is 0 Å². The predicted molar refractivity (Wildman–Crippen MR) is 65.1 cm³/mol. The summed E-state index contributed by atoms with van der Waals surface area (Å²) in [6, 6.07) is 0. The highest BCUT2D eigenvalue weighted by Crippen LogP contribution is 2.41. The molecule has 13 heavy (non-hydrogen) atoms. The molecule has 74 valence electrons. The van der Waals surface area contributed by atoms with E-state index >= 15 is 0 Å². The van der Waals surface area contributed by atoms with Gasteiger partial charge in [-0.15, -0.1) is 10.2 Å². The van der Waals surface area contributed by atoms with Crippen molar-refractivity contribution >= 4 is 33.9 Å². The van der Waals surface area contributed by atoms with Gasteiger partial charge in [0.05, 0.1) is 0 Å². The van der Waals surface area contributed by atoms with Crippen molar-refractivity contribution in [1.29, 1.82) is 0 Å². The number of nitrogens with zero attached hydrogens (tertiary/aromatic N) is 2. The van der Waals surface area contributed by atoms with Gasteiger partial charge in [-0.1, -0.05) is 46.0 Å². The fraction of sp³-hybridized carbons (Fsp3) is 0.778. The van der Waals surface area contributed by atoms with Gasteiger partial charge in [0.1, 0.15) is 5.01 Å². The van der Waals surface area contributed by atoms with Crippen LogP contribution >= 0.6 is 33.9 Å². The highest BCUT2D eigenvalue weighted by molar-refractivity contribution is 14.1. The van der Waals surface area contributed by atoms with Crippen LogP contribution in [-0.4, -0.2) is 10.2 Å². The van der Waals surface area contributed by atoms with E-state index in [1.54, 1.807) is 11.3 Å². The molecule has 0 aliphatic rings. The lowest BCUT2D eigenvalue weighted by molar-refractivity contribution is 0.224. The van der Waals surface area contributed by atoms with Gasteiger partial charge in [0.15, 0.2) is 3.01 Å². The van der Waals surface area contributed by atoms with Crippen LogP contribution in [0.5, 0.6) is 0 Å². The van der Waals surface area contributed by atoms with Crippen LogP contribution in [0.3, 0.4) is 0 Å². The molecule has 0 saturated carbocycles. The first-order chi connectivity index (χ1) is 5.75. The molecule has 1 aromatic rings. The molecule has 0 spiro atoms. The van der Waals surface area contributed by atoms with E-state index in [0.717, 1.165) is 8.02 Å². The normalized spacial score (nSPS) is 13.4. The van der Waals surface area contributed by atoms with Crippen LogP contribution in [-0.2, 0) is 5.41 Å². The Hall–Kier alpha value is 0.290. The molecule has 0 radical (unpaired) electrons. The highest BCUT2D eigenvalue weighted by Gasteiger charge is 2.37. The minimum absolute atomic E-state index is 0.0914. The number of halogens is 1. The molecule has 0 atom stereocenters. The van der Waals surface area contributed by atoms with Crippen molar-refractivity contribution < 1.29 is 0 Å². The largest absolute Gasteiger partial charge is 0.178 e. The van der Waals surface area contributed by atoms with Gasteiger partial charge in [0.2, 0.25) is 0 Å². The zero-order valence-corrected chi connectivity index (χ0v) is 11.7. The van der Waals surface area contributed by atoms with Crippen LogP contribution in [0.4, 0.5) is 0 Å². The predicted octanol–water partition coefficient (Wildman–Crippen LogP) is 3.47. The Morgan fingerprint density at radius 3 is 1.92 bits per heavy atom. The van der Waals surface area contributed by atoms with E-state index in [9.17, 15) is 0 Å². The summed E-state index contributed by atoms with van der Waals surface area (Å²) in [4.78, 5) is 0. The lowest BCUT2D eigenvalue weighted by atomic mass is 9.70. The molecular weight excluding hydrogens is 295 g/mol. The molecule has 0 aliphatic carbocycles. The molecule has 0 aliphatic heterocycles. The van der Waals surface area contributed by atoms with Gasteiger partial charge in [-0.3, -0.25) is 0 Å².